The third-order valence-corrected chi connectivity index (χ3v) is 6.26. The number of benzene rings is 1. The predicted octanol–water partition coefficient (Wildman–Crippen LogP) is 3.03. The lowest BCUT2D eigenvalue weighted by Crippen LogP contribution is -2.39. The molecule has 1 aliphatic heterocycles. The monoisotopic (exact) mass is 281 g/mol. The number of hydrogen-bond donors (Lipinski definition) is 0. The Hall–Kier alpha value is -0.870. The van der Waals surface area contributed by atoms with E-state index in [0.717, 1.165) is 29.5 Å². The fraction of sp³-hybridized carbons (Fsp3) is 0.600. The van der Waals surface area contributed by atoms with Gasteiger partial charge in [-0.2, -0.15) is 4.31 Å². The highest BCUT2D eigenvalue weighted by Gasteiger charge is 2.30. The smallest absolute Gasteiger partial charge is 0.207 e. The minimum atomic E-state index is -3.33. The summed E-state index contributed by atoms with van der Waals surface area (Å²) in [6.45, 7) is 9.33. The molecule has 0 spiro atoms. The number of aryl methyl sites for hydroxylation is 1. The van der Waals surface area contributed by atoms with Crippen LogP contribution in [-0.2, 0) is 10.0 Å². The highest BCUT2D eigenvalue weighted by atomic mass is 32.2. The van der Waals surface area contributed by atoms with Crippen LogP contribution in [0.5, 0.6) is 0 Å². The number of nitrogens with zero attached hydrogens (tertiary/aromatic N) is 1. The fourth-order valence-electron chi connectivity index (χ4n) is 2.71. The SMILES string of the molecule is Cc1ccc(S(=O)(=O)N2CCC[C@H](C)C2)c(C)c1C. The Morgan fingerprint density at radius 1 is 1.16 bits per heavy atom. The average Bonchev–Trinajstić information content (AvgIpc) is 2.36. The molecule has 1 heterocycles. The lowest BCUT2D eigenvalue weighted by Gasteiger charge is -2.30. The molecule has 1 aromatic rings. The van der Waals surface area contributed by atoms with Gasteiger partial charge in [0.2, 0.25) is 10.0 Å². The highest BCUT2D eigenvalue weighted by Crippen LogP contribution is 2.27. The number of hydrogen-bond acceptors (Lipinski definition) is 2. The molecule has 0 N–H and O–H groups in total. The molecular weight excluding hydrogens is 258 g/mol. The second-order valence-electron chi connectivity index (χ2n) is 5.74. The lowest BCUT2D eigenvalue weighted by atomic mass is 10.0. The summed E-state index contributed by atoms with van der Waals surface area (Å²) < 4.78 is 27.1. The Labute approximate surface area is 116 Å². The van der Waals surface area contributed by atoms with Crippen molar-refractivity contribution in [3.8, 4) is 0 Å². The summed E-state index contributed by atoms with van der Waals surface area (Å²) in [6.07, 6.45) is 2.09. The van der Waals surface area contributed by atoms with Gasteiger partial charge in [0.15, 0.2) is 0 Å². The van der Waals surface area contributed by atoms with Gasteiger partial charge < -0.3 is 0 Å². The molecule has 4 heteroatoms. The Bertz CT molecular complexity index is 578. The van der Waals surface area contributed by atoms with E-state index in [-0.39, 0.29) is 0 Å². The Balaban J connectivity index is 2.42. The minimum absolute atomic E-state index is 0.454. The molecule has 0 radical (unpaired) electrons. The molecule has 1 fully saturated rings. The van der Waals surface area contributed by atoms with Crippen LogP contribution in [0.15, 0.2) is 17.0 Å². The van der Waals surface area contributed by atoms with E-state index in [1.54, 1.807) is 10.4 Å². The molecule has 0 aliphatic carbocycles. The van der Waals surface area contributed by atoms with Crippen molar-refractivity contribution in [3.05, 3.63) is 28.8 Å². The van der Waals surface area contributed by atoms with Gasteiger partial charge in [-0.25, -0.2) is 8.42 Å². The number of piperidine rings is 1. The van der Waals surface area contributed by atoms with E-state index < -0.39 is 10.0 Å². The summed E-state index contributed by atoms with van der Waals surface area (Å²) in [5, 5.41) is 0. The first-order valence-electron chi connectivity index (χ1n) is 6.91. The molecule has 0 bridgehead atoms. The molecule has 3 nitrogen and oxygen atoms in total. The van der Waals surface area contributed by atoms with Crippen molar-refractivity contribution in [2.75, 3.05) is 13.1 Å². The molecule has 106 valence electrons. The second kappa shape index (κ2) is 5.25. The maximum absolute atomic E-state index is 12.7. The zero-order valence-electron chi connectivity index (χ0n) is 12.2. The lowest BCUT2D eigenvalue weighted by molar-refractivity contribution is 0.281. The summed E-state index contributed by atoms with van der Waals surface area (Å²) in [5.41, 5.74) is 3.10. The number of rotatable bonds is 2. The third kappa shape index (κ3) is 2.70. The van der Waals surface area contributed by atoms with E-state index in [0.29, 0.717) is 23.9 Å². The molecule has 19 heavy (non-hydrogen) atoms. The molecule has 1 aromatic carbocycles. The van der Waals surface area contributed by atoms with Crippen LogP contribution in [-0.4, -0.2) is 25.8 Å². The van der Waals surface area contributed by atoms with Gasteiger partial charge in [0, 0.05) is 13.1 Å². The van der Waals surface area contributed by atoms with Crippen LogP contribution < -0.4 is 0 Å². The molecule has 0 aromatic heterocycles. The van der Waals surface area contributed by atoms with E-state index in [1.807, 2.05) is 26.8 Å². The molecule has 1 saturated heterocycles. The average molecular weight is 281 g/mol. The van der Waals surface area contributed by atoms with Crippen molar-refractivity contribution in [1.29, 1.82) is 0 Å². The van der Waals surface area contributed by atoms with Gasteiger partial charge in [-0.15, -0.1) is 0 Å². The molecule has 1 aliphatic rings. The van der Waals surface area contributed by atoms with Crippen LogP contribution in [0.25, 0.3) is 0 Å². The van der Waals surface area contributed by atoms with Crippen molar-refractivity contribution in [2.45, 2.75) is 45.4 Å². The quantitative estimate of drug-likeness (QED) is 0.835. The van der Waals surface area contributed by atoms with E-state index >= 15 is 0 Å². The normalized spacial score (nSPS) is 21.6. The maximum Gasteiger partial charge on any atom is 0.243 e. The van der Waals surface area contributed by atoms with Crippen molar-refractivity contribution in [2.24, 2.45) is 5.92 Å². The molecular formula is C15H23NO2S. The summed E-state index contributed by atoms with van der Waals surface area (Å²) in [6, 6.07) is 3.66. The van der Waals surface area contributed by atoms with Gasteiger partial charge in [-0.1, -0.05) is 13.0 Å². The van der Waals surface area contributed by atoms with Crippen LogP contribution in [0.2, 0.25) is 0 Å². The van der Waals surface area contributed by atoms with Gasteiger partial charge in [0.25, 0.3) is 0 Å². The van der Waals surface area contributed by atoms with Gasteiger partial charge in [0.1, 0.15) is 0 Å². The molecule has 0 amide bonds. The minimum Gasteiger partial charge on any atom is -0.207 e. The first kappa shape index (κ1) is 14.5. The number of sulfonamides is 1. The van der Waals surface area contributed by atoms with Gasteiger partial charge in [0.05, 0.1) is 4.90 Å². The van der Waals surface area contributed by atoms with Crippen LogP contribution in [0, 0.1) is 26.7 Å². The molecule has 0 saturated carbocycles. The zero-order chi connectivity index (χ0) is 14.2. The van der Waals surface area contributed by atoms with Crippen molar-refractivity contribution < 1.29 is 8.42 Å². The summed E-state index contributed by atoms with van der Waals surface area (Å²) >= 11 is 0. The van der Waals surface area contributed by atoms with Gasteiger partial charge in [-0.3, -0.25) is 0 Å². The van der Waals surface area contributed by atoms with Crippen LogP contribution in [0.1, 0.15) is 36.5 Å². The van der Waals surface area contributed by atoms with E-state index in [4.69, 9.17) is 0 Å². The standard InChI is InChI=1S/C15H23NO2S/c1-11-6-5-9-16(10-11)19(17,18)15-8-7-12(2)13(3)14(15)4/h7-8,11H,5-6,9-10H2,1-4H3/t11-/m0/s1. The van der Waals surface area contributed by atoms with Gasteiger partial charge in [-0.05, 0) is 62.3 Å². The summed E-state index contributed by atoms with van der Waals surface area (Å²) in [4.78, 5) is 0.477. The predicted molar refractivity (Wildman–Crippen MR) is 77.8 cm³/mol. The third-order valence-electron chi connectivity index (χ3n) is 4.25. The Morgan fingerprint density at radius 3 is 2.47 bits per heavy atom. The zero-order valence-corrected chi connectivity index (χ0v) is 13.0. The van der Waals surface area contributed by atoms with Crippen LogP contribution in [0.3, 0.4) is 0 Å². The molecule has 1 atom stereocenters. The Kier molecular flexibility index (Phi) is 4.02. The van der Waals surface area contributed by atoms with E-state index in [1.165, 1.54) is 0 Å². The topological polar surface area (TPSA) is 37.4 Å². The van der Waals surface area contributed by atoms with Crippen LogP contribution in [0.4, 0.5) is 0 Å². The summed E-state index contributed by atoms with van der Waals surface area (Å²) in [5.74, 6) is 0.454. The Morgan fingerprint density at radius 2 is 1.84 bits per heavy atom. The largest absolute Gasteiger partial charge is 0.243 e. The second-order valence-corrected chi connectivity index (χ2v) is 7.65. The molecule has 2 rings (SSSR count). The van der Waals surface area contributed by atoms with Crippen molar-refractivity contribution >= 4 is 10.0 Å². The fourth-order valence-corrected chi connectivity index (χ4v) is 4.59. The maximum atomic E-state index is 12.7. The summed E-state index contributed by atoms with van der Waals surface area (Å²) in [7, 11) is -3.33. The van der Waals surface area contributed by atoms with Crippen molar-refractivity contribution in [3.63, 3.8) is 0 Å². The van der Waals surface area contributed by atoms with E-state index in [2.05, 4.69) is 6.92 Å². The first-order valence-corrected chi connectivity index (χ1v) is 8.35. The molecule has 0 unspecified atom stereocenters. The highest BCUT2D eigenvalue weighted by molar-refractivity contribution is 7.89. The first-order chi connectivity index (χ1) is 8.84. The van der Waals surface area contributed by atoms with E-state index in [9.17, 15) is 8.42 Å². The van der Waals surface area contributed by atoms with Crippen LogP contribution >= 0.6 is 0 Å². The van der Waals surface area contributed by atoms with Gasteiger partial charge >= 0.3 is 0 Å². The van der Waals surface area contributed by atoms with Crippen molar-refractivity contribution in [1.82, 2.24) is 4.31 Å².